The van der Waals surface area contributed by atoms with Gasteiger partial charge >= 0.3 is 0 Å². The lowest BCUT2D eigenvalue weighted by atomic mass is 10.1. The van der Waals surface area contributed by atoms with Gasteiger partial charge in [-0.25, -0.2) is 0 Å². The van der Waals surface area contributed by atoms with Crippen LogP contribution < -0.4 is 29.6 Å². The van der Waals surface area contributed by atoms with Crippen LogP contribution in [-0.2, 0) is 11.2 Å². The van der Waals surface area contributed by atoms with Crippen molar-refractivity contribution in [3.63, 3.8) is 0 Å². The molecule has 8 nitrogen and oxygen atoms in total. The van der Waals surface area contributed by atoms with Crippen molar-refractivity contribution in [3.8, 4) is 23.0 Å². The molecular formula is C26H28N2O6. The van der Waals surface area contributed by atoms with Gasteiger partial charge in [0.2, 0.25) is 11.7 Å². The van der Waals surface area contributed by atoms with E-state index in [0.717, 1.165) is 5.56 Å². The minimum Gasteiger partial charge on any atom is -0.495 e. The molecule has 0 atom stereocenters. The molecule has 2 N–H and O–H groups in total. The van der Waals surface area contributed by atoms with Crippen molar-refractivity contribution in [2.45, 2.75) is 12.8 Å². The van der Waals surface area contributed by atoms with E-state index in [4.69, 9.17) is 18.9 Å². The van der Waals surface area contributed by atoms with Crippen LogP contribution in [0.15, 0.2) is 60.7 Å². The predicted molar refractivity (Wildman–Crippen MR) is 130 cm³/mol. The minimum absolute atomic E-state index is 0.181. The molecule has 3 aromatic carbocycles. The predicted octanol–water partition coefficient (Wildman–Crippen LogP) is 4.54. The van der Waals surface area contributed by atoms with Gasteiger partial charge in [0.1, 0.15) is 5.75 Å². The summed E-state index contributed by atoms with van der Waals surface area (Å²) in [6.07, 6.45) is 0.701. The first-order valence-electron chi connectivity index (χ1n) is 10.6. The zero-order valence-electron chi connectivity index (χ0n) is 19.6. The van der Waals surface area contributed by atoms with Gasteiger partial charge in [-0.1, -0.05) is 18.2 Å². The first kappa shape index (κ1) is 24.4. The Morgan fingerprint density at radius 3 is 1.97 bits per heavy atom. The van der Waals surface area contributed by atoms with Crippen LogP contribution in [-0.4, -0.2) is 40.3 Å². The summed E-state index contributed by atoms with van der Waals surface area (Å²) in [6.45, 7) is 0. The standard InChI is InChI=1S/C26H28N2O6/c1-31-21-12-11-19(16-20(21)28-26(30)18-8-6-5-7-9-18)27-24(29)13-10-17-14-22(32-2)25(34-4)23(15-17)33-3/h5-9,11-12,14-16H,10,13H2,1-4H3,(H,27,29)(H,28,30). The molecule has 3 rings (SSSR count). The van der Waals surface area contributed by atoms with E-state index < -0.39 is 0 Å². The topological polar surface area (TPSA) is 95.1 Å². The number of rotatable bonds is 10. The lowest BCUT2D eigenvalue weighted by Crippen LogP contribution is -2.15. The van der Waals surface area contributed by atoms with Gasteiger partial charge in [0.25, 0.3) is 5.91 Å². The first-order chi connectivity index (χ1) is 16.5. The Morgan fingerprint density at radius 1 is 0.735 bits per heavy atom. The number of benzene rings is 3. The number of carbonyl (C=O) groups is 2. The summed E-state index contributed by atoms with van der Waals surface area (Å²) in [5.74, 6) is 1.60. The molecule has 0 saturated heterocycles. The number of hydrogen-bond donors (Lipinski definition) is 2. The quantitative estimate of drug-likeness (QED) is 0.457. The van der Waals surface area contributed by atoms with Crippen LogP contribution >= 0.6 is 0 Å². The van der Waals surface area contributed by atoms with Crippen molar-refractivity contribution in [1.29, 1.82) is 0 Å². The lowest BCUT2D eigenvalue weighted by molar-refractivity contribution is -0.116. The molecule has 0 bridgehead atoms. The lowest BCUT2D eigenvalue weighted by Gasteiger charge is -2.14. The summed E-state index contributed by atoms with van der Waals surface area (Å²) < 4.78 is 21.4. The van der Waals surface area contributed by atoms with Gasteiger partial charge in [-0.05, 0) is 54.4 Å². The smallest absolute Gasteiger partial charge is 0.255 e. The number of hydrogen-bond acceptors (Lipinski definition) is 6. The minimum atomic E-state index is -0.273. The second kappa shape index (κ2) is 11.6. The maximum Gasteiger partial charge on any atom is 0.255 e. The molecule has 0 aliphatic rings. The number of nitrogens with one attached hydrogen (secondary N) is 2. The van der Waals surface area contributed by atoms with Crippen LogP contribution in [0, 0.1) is 0 Å². The van der Waals surface area contributed by atoms with E-state index in [1.807, 2.05) is 18.2 Å². The summed E-state index contributed by atoms with van der Waals surface area (Å²) in [5, 5.41) is 5.69. The highest BCUT2D eigenvalue weighted by atomic mass is 16.5. The third-order valence-electron chi connectivity index (χ3n) is 5.13. The molecule has 0 spiro atoms. The Balaban J connectivity index is 1.68. The second-order valence-corrected chi connectivity index (χ2v) is 7.32. The summed E-state index contributed by atoms with van der Waals surface area (Å²) in [7, 11) is 6.15. The van der Waals surface area contributed by atoms with Gasteiger partial charge in [-0.3, -0.25) is 9.59 Å². The van der Waals surface area contributed by atoms with Gasteiger partial charge in [0.05, 0.1) is 34.1 Å². The number of ether oxygens (including phenoxy) is 4. The van der Waals surface area contributed by atoms with Gasteiger partial charge in [0, 0.05) is 17.7 Å². The van der Waals surface area contributed by atoms with Gasteiger partial charge in [-0.15, -0.1) is 0 Å². The third kappa shape index (κ3) is 5.98. The van der Waals surface area contributed by atoms with E-state index in [2.05, 4.69) is 10.6 Å². The second-order valence-electron chi connectivity index (χ2n) is 7.32. The largest absolute Gasteiger partial charge is 0.495 e. The normalized spacial score (nSPS) is 10.2. The summed E-state index contributed by atoms with van der Waals surface area (Å²) in [4.78, 5) is 25.2. The van der Waals surface area contributed by atoms with E-state index in [-0.39, 0.29) is 18.2 Å². The van der Waals surface area contributed by atoms with Crippen molar-refractivity contribution < 1.29 is 28.5 Å². The number of anilines is 2. The number of methoxy groups -OCH3 is 4. The summed E-state index contributed by atoms with van der Waals surface area (Å²) >= 11 is 0. The number of aryl methyl sites for hydroxylation is 1. The molecule has 0 unspecified atom stereocenters. The Labute approximate surface area is 198 Å². The molecule has 178 valence electrons. The fourth-order valence-electron chi connectivity index (χ4n) is 3.43. The fraction of sp³-hybridized carbons (Fsp3) is 0.231. The van der Waals surface area contributed by atoms with Gasteiger partial charge in [0.15, 0.2) is 11.5 Å². The van der Waals surface area contributed by atoms with Gasteiger partial charge < -0.3 is 29.6 Å². The van der Waals surface area contributed by atoms with Crippen LogP contribution in [0.5, 0.6) is 23.0 Å². The zero-order valence-corrected chi connectivity index (χ0v) is 19.6. The molecule has 0 radical (unpaired) electrons. The molecule has 0 heterocycles. The van der Waals surface area contributed by atoms with Crippen molar-refractivity contribution >= 4 is 23.2 Å². The Bertz CT molecular complexity index is 1120. The van der Waals surface area contributed by atoms with Crippen LogP contribution in [0.4, 0.5) is 11.4 Å². The molecule has 8 heteroatoms. The van der Waals surface area contributed by atoms with E-state index in [9.17, 15) is 9.59 Å². The highest BCUT2D eigenvalue weighted by molar-refractivity contribution is 6.05. The van der Waals surface area contributed by atoms with Crippen LogP contribution in [0.3, 0.4) is 0 Å². The SMILES string of the molecule is COc1ccc(NC(=O)CCc2cc(OC)c(OC)c(OC)c2)cc1NC(=O)c1ccccc1. The average molecular weight is 465 g/mol. The monoisotopic (exact) mass is 464 g/mol. The highest BCUT2D eigenvalue weighted by Gasteiger charge is 2.15. The van der Waals surface area contributed by atoms with E-state index in [1.165, 1.54) is 7.11 Å². The Kier molecular flexibility index (Phi) is 8.34. The molecule has 0 aromatic heterocycles. The Hall–Kier alpha value is -4.20. The number of carbonyl (C=O) groups excluding carboxylic acids is 2. The summed E-state index contributed by atoms with van der Waals surface area (Å²) in [6, 6.07) is 17.6. The van der Waals surface area contributed by atoms with Gasteiger partial charge in [-0.2, -0.15) is 0 Å². The fourth-order valence-corrected chi connectivity index (χ4v) is 3.43. The van der Waals surface area contributed by atoms with Crippen LogP contribution in [0.1, 0.15) is 22.3 Å². The number of amides is 2. The zero-order chi connectivity index (χ0) is 24.5. The van der Waals surface area contributed by atoms with E-state index in [0.29, 0.717) is 46.4 Å². The molecule has 34 heavy (non-hydrogen) atoms. The molecule has 0 aliphatic heterocycles. The molecule has 0 saturated carbocycles. The van der Waals surface area contributed by atoms with Crippen LogP contribution in [0.25, 0.3) is 0 Å². The molecular weight excluding hydrogens is 436 g/mol. The first-order valence-corrected chi connectivity index (χ1v) is 10.6. The molecule has 0 fully saturated rings. The maximum absolute atomic E-state index is 12.6. The van der Waals surface area contributed by atoms with Crippen molar-refractivity contribution in [3.05, 3.63) is 71.8 Å². The van der Waals surface area contributed by atoms with Crippen molar-refractivity contribution in [2.24, 2.45) is 0 Å². The van der Waals surface area contributed by atoms with Crippen molar-refractivity contribution in [1.82, 2.24) is 0 Å². The molecule has 0 aliphatic carbocycles. The average Bonchev–Trinajstić information content (AvgIpc) is 2.87. The van der Waals surface area contributed by atoms with E-state index in [1.54, 1.807) is 63.8 Å². The molecule has 2 amide bonds. The Morgan fingerprint density at radius 2 is 1.38 bits per heavy atom. The van der Waals surface area contributed by atoms with Crippen molar-refractivity contribution in [2.75, 3.05) is 39.1 Å². The maximum atomic E-state index is 12.6. The third-order valence-corrected chi connectivity index (χ3v) is 5.13. The highest BCUT2D eigenvalue weighted by Crippen LogP contribution is 2.38. The molecule has 3 aromatic rings. The summed E-state index contributed by atoms with van der Waals surface area (Å²) in [5.41, 5.74) is 2.39. The van der Waals surface area contributed by atoms with E-state index >= 15 is 0 Å². The van der Waals surface area contributed by atoms with Crippen LogP contribution in [0.2, 0.25) is 0 Å².